The highest BCUT2D eigenvalue weighted by Gasteiger charge is 2.10. The molecule has 2 rings (SSSR count). The highest BCUT2D eigenvalue weighted by Crippen LogP contribution is 2.24. The molecule has 0 spiro atoms. The molecule has 1 heterocycles. The van der Waals surface area contributed by atoms with Gasteiger partial charge in [-0.25, -0.2) is 4.98 Å². The van der Waals surface area contributed by atoms with Crippen molar-refractivity contribution in [2.45, 2.75) is 12.8 Å². The molecule has 0 bridgehead atoms. The molecule has 0 saturated heterocycles. The summed E-state index contributed by atoms with van der Waals surface area (Å²) in [6.07, 6.45) is 4.41. The van der Waals surface area contributed by atoms with E-state index in [1.165, 1.54) is 0 Å². The lowest BCUT2D eigenvalue weighted by Crippen LogP contribution is -2.27. The zero-order valence-corrected chi connectivity index (χ0v) is 12.2. The van der Waals surface area contributed by atoms with Crippen molar-refractivity contribution < 1.29 is 14.3 Å². The lowest BCUT2D eigenvalue weighted by atomic mass is 10.1. The molecule has 0 saturated carbocycles. The van der Waals surface area contributed by atoms with Crippen molar-refractivity contribution in [1.29, 1.82) is 0 Å². The maximum atomic E-state index is 11.9. The number of ether oxygens (including phenoxy) is 2. The van der Waals surface area contributed by atoms with Gasteiger partial charge in [0, 0.05) is 37.0 Å². The third kappa shape index (κ3) is 4.24. The number of aromatic amines is 1. The third-order valence-electron chi connectivity index (χ3n) is 3.08. The first-order chi connectivity index (χ1) is 10.2. The standard InChI is InChI=1S/C15H19N3O3/c1-20-12-4-3-11(13(10-12)21-2)9-15(19)18-6-5-14-16-7-8-17-14/h3-4,7-8,10H,5-6,9H2,1-2H3,(H,16,17)(H,18,19). The van der Waals surface area contributed by atoms with Gasteiger partial charge in [0.2, 0.25) is 5.91 Å². The smallest absolute Gasteiger partial charge is 0.224 e. The number of amides is 1. The van der Waals surface area contributed by atoms with E-state index in [0.717, 1.165) is 11.4 Å². The molecule has 1 aromatic heterocycles. The molecule has 0 fully saturated rings. The van der Waals surface area contributed by atoms with E-state index in [1.54, 1.807) is 32.7 Å². The molecular formula is C15H19N3O3. The summed E-state index contributed by atoms with van der Waals surface area (Å²) in [5, 5.41) is 2.86. The Morgan fingerprint density at radius 1 is 1.33 bits per heavy atom. The number of aromatic nitrogens is 2. The fourth-order valence-electron chi connectivity index (χ4n) is 1.99. The van der Waals surface area contributed by atoms with Gasteiger partial charge in [-0.15, -0.1) is 0 Å². The summed E-state index contributed by atoms with van der Waals surface area (Å²) in [4.78, 5) is 19.0. The zero-order chi connectivity index (χ0) is 15.1. The summed E-state index contributed by atoms with van der Waals surface area (Å²) < 4.78 is 10.4. The van der Waals surface area contributed by atoms with Crippen molar-refractivity contribution in [2.75, 3.05) is 20.8 Å². The lowest BCUT2D eigenvalue weighted by molar-refractivity contribution is -0.120. The maximum Gasteiger partial charge on any atom is 0.224 e. The van der Waals surface area contributed by atoms with Crippen LogP contribution in [0.25, 0.3) is 0 Å². The molecule has 0 unspecified atom stereocenters. The Bertz CT molecular complexity index is 582. The highest BCUT2D eigenvalue weighted by atomic mass is 16.5. The van der Waals surface area contributed by atoms with E-state index in [0.29, 0.717) is 24.5 Å². The van der Waals surface area contributed by atoms with E-state index in [-0.39, 0.29) is 12.3 Å². The van der Waals surface area contributed by atoms with E-state index >= 15 is 0 Å². The Hall–Kier alpha value is -2.50. The van der Waals surface area contributed by atoms with Gasteiger partial charge in [0.15, 0.2) is 0 Å². The largest absolute Gasteiger partial charge is 0.497 e. The summed E-state index contributed by atoms with van der Waals surface area (Å²) in [7, 11) is 3.17. The first-order valence-electron chi connectivity index (χ1n) is 6.68. The summed E-state index contributed by atoms with van der Waals surface area (Å²) >= 11 is 0. The summed E-state index contributed by atoms with van der Waals surface area (Å²) in [6.45, 7) is 0.546. The second-order valence-corrected chi connectivity index (χ2v) is 4.49. The van der Waals surface area contributed by atoms with Crippen LogP contribution in [-0.2, 0) is 17.6 Å². The molecule has 112 valence electrons. The molecule has 6 heteroatoms. The predicted octanol–water partition coefficient (Wildman–Crippen LogP) is 1.33. The van der Waals surface area contributed by atoms with Crippen LogP contribution in [0.2, 0.25) is 0 Å². The SMILES string of the molecule is COc1ccc(CC(=O)NCCc2ncc[nH]2)c(OC)c1. The average Bonchev–Trinajstić information content (AvgIpc) is 3.01. The number of imidazole rings is 1. The van der Waals surface area contributed by atoms with Crippen molar-refractivity contribution in [3.05, 3.63) is 42.0 Å². The number of methoxy groups -OCH3 is 2. The maximum absolute atomic E-state index is 11.9. The fourth-order valence-corrected chi connectivity index (χ4v) is 1.99. The van der Waals surface area contributed by atoms with Crippen LogP contribution in [0.3, 0.4) is 0 Å². The third-order valence-corrected chi connectivity index (χ3v) is 3.08. The number of benzene rings is 1. The van der Waals surface area contributed by atoms with Crippen LogP contribution in [-0.4, -0.2) is 36.6 Å². The molecule has 6 nitrogen and oxygen atoms in total. The topological polar surface area (TPSA) is 76.2 Å². The van der Waals surface area contributed by atoms with Crippen molar-refractivity contribution in [2.24, 2.45) is 0 Å². The van der Waals surface area contributed by atoms with Crippen LogP contribution in [0, 0.1) is 0 Å². The first-order valence-corrected chi connectivity index (χ1v) is 6.68. The number of rotatable bonds is 7. The van der Waals surface area contributed by atoms with E-state index in [4.69, 9.17) is 9.47 Å². The monoisotopic (exact) mass is 289 g/mol. The van der Waals surface area contributed by atoms with Crippen molar-refractivity contribution in [3.8, 4) is 11.5 Å². The van der Waals surface area contributed by atoms with Gasteiger partial charge in [-0.3, -0.25) is 4.79 Å². The Morgan fingerprint density at radius 3 is 2.86 bits per heavy atom. The minimum atomic E-state index is -0.0509. The first kappa shape index (κ1) is 14.9. The number of H-pyrrole nitrogens is 1. The van der Waals surface area contributed by atoms with Gasteiger partial charge < -0.3 is 19.8 Å². The van der Waals surface area contributed by atoms with Gasteiger partial charge >= 0.3 is 0 Å². The quantitative estimate of drug-likeness (QED) is 0.806. The number of hydrogen-bond acceptors (Lipinski definition) is 4. The van der Waals surface area contributed by atoms with Crippen LogP contribution in [0.4, 0.5) is 0 Å². The summed E-state index contributed by atoms with van der Waals surface area (Å²) in [6, 6.07) is 5.42. The fraction of sp³-hybridized carbons (Fsp3) is 0.333. The molecule has 1 amide bonds. The second-order valence-electron chi connectivity index (χ2n) is 4.49. The molecular weight excluding hydrogens is 270 g/mol. The van der Waals surface area contributed by atoms with Crippen LogP contribution in [0.15, 0.2) is 30.6 Å². The average molecular weight is 289 g/mol. The van der Waals surface area contributed by atoms with Gasteiger partial charge in [-0.2, -0.15) is 0 Å². The summed E-state index contributed by atoms with van der Waals surface area (Å²) in [5.41, 5.74) is 0.828. The van der Waals surface area contributed by atoms with Crippen LogP contribution >= 0.6 is 0 Å². The minimum absolute atomic E-state index is 0.0509. The Kier molecular flexibility index (Phi) is 5.20. The molecule has 21 heavy (non-hydrogen) atoms. The number of carbonyl (C=O) groups is 1. The minimum Gasteiger partial charge on any atom is -0.497 e. The van der Waals surface area contributed by atoms with Gasteiger partial charge in [0.25, 0.3) is 0 Å². The molecule has 0 radical (unpaired) electrons. The predicted molar refractivity (Wildman–Crippen MR) is 78.6 cm³/mol. The second kappa shape index (κ2) is 7.33. The Balaban J connectivity index is 1.87. The summed E-state index contributed by atoms with van der Waals surface area (Å²) in [5.74, 6) is 2.16. The lowest BCUT2D eigenvalue weighted by Gasteiger charge is -2.10. The number of nitrogens with one attached hydrogen (secondary N) is 2. The molecule has 0 atom stereocenters. The molecule has 1 aromatic carbocycles. The van der Waals surface area contributed by atoms with Crippen LogP contribution in [0.5, 0.6) is 11.5 Å². The molecule has 0 aliphatic carbocycles. The zero-order valence-electron chi connectivity index (χ0n) is 12.2. The molecule has 2 aromatic rings. The normalized spacial score (nSPS) is 10.2. The van der Waals surface area contributed by atoms with Gasteiger partial charge in [0.1, 0.15) is 17.3 Å². The van der Waals surface area contributed by atoms with Gasteiger partial charge in [-0.05, 0) is 6.07 Å². The van der Waals surface area contributed by atoms with E-state index in [2.05, 4.69) is 15.3 Å². The number of nitrogens with zero attached hydrogens (tertiary/aromatic N) is 1. The molecule has 0 aliphatic heterocycles. The number of hydrogen-bond donors (Lipinski definition) is 2. The van der Waals surface area contributed by atoms with Gasteiger partial charge in [-0.1, -0.05) is 6.07 Å². The molecule has 2 N–H and O–H groups in total. The van der Waals surface area contributed by atoms with Crippen molar-refractivity contribution in [3.63, 3.8) is 0 Å². The van der Waals surface area contributed by atoms with E-state index < -0.39 is 0 Å². The Labute approximate surface area is 123 Å². The van der Waals surface area contributed by atoms with E-state index in [1.807, 2.05) is 12.1 Å². The molecule has 0 aliphatic rings. The van der Waals surface area contributed by atoms with E-state index in [9.17, 15) is 4.79 Å². The van der Waals surface area contributed by atoms with Crippen molar-refractivity contribution in [1.82, 2.24) is 15.3 Å². The van der Waals surface area contributed by atoms with Crippen LogP contribution < -0.4 is 14.8 Å². The Morgan fingerprint density at radius 2 is 2.19 bits per heavy atom. The number of carbonyl (C=O) groups excluding carboxylic acids is 1. The van der Waals surface area contributed by atoms with Crippen LogP contribution in [0.1, 0.15) is 11.4 Å². The van der Waals surface area contributed by atoms with Crippen molar-refractivity contribution >= 4 is 5.91 Å². The van der Waals surface area contributed by atoms with Gasteiger partial charge in [0.05, 0.1) is 20.6 Å². The highest BCUT2D eigenvalue weighted by molar-refractivity contribution is 5.79.